The molecule has 0 saturated carbocycles. The maximum atomic E-state index is 12.3. The zero-order valence-corrected chi connectivity index (χ0v) is 20.9. The van der Waals surface area contributed by atoms with Crippen LogP contribution in [0.4, 0.5) is 0 Å². The summed E-state index contributed by atoms with van der Waals surface area (Å²) in [6, 6.07) is -0.227. The average Bonchev–Trinajstić information content (AvgIpc) is 2.77. The molecule has 5 N–H and O–H groups in total. The van der Waals surface area contributed by atoms with Crippen LogP contribution < -0.4 is 16.4 Å². The normalized spacial score (nSPS) is 13.3. The van der Waals surface area contributed by atoms with Crippen molar-refractivity contribution in [2.45, 2.75) is 148 Å². The first-order valence-corrected chi connectivity index (χ1v) is 13.6. The van der Waals surface area contributed by atoms with Crippen LogP contribution in [0, 0.1) is 0 Å². The summed E-state index contributed by atoms with van der Waals surface area (Å²) in [5.74, 6) is 0.0596. The van der Waals surface area contributed by atoms with Gasteiger partial charge in [-0.1, -0.05) is 117 Å². The number of unbranched alkanes of at least 4 members (excludes halogenated alkanes) is 15. The van der Waals surface area contributed by atoms with Crippen LogP contribution in [0.5, 0.6) is 0 Å². The Morgan fingerprint density at radius 2 is 1.19 bits per heavy atom. The van der Waals surface area contributed by atoms with E-state index in [2.05, 4.69) is 24.5 Å². The topological polar surface area (TPSA) is 87.4 Å². The Kier molecular flexibility index (Phi) is 23.5. The minimum atomic E-state index is -0.722. The van der Waals surface area contributed by atoms with E-state index in [1.165, 1.54) is 83.5 Å². The van der Waals surface area contributed by atoms with Crippen LogP contribution in [0.2, 0.25) is 0 Å². The third kappa shape index (κ3) is 21.0. The highest BCUT2D eigenvalue weighted by Crippen LogP contribution is 2.14. The molecule has 0 bridgehead atoms. The number of hydrogen-bond acceptors (Lipinski definition) is 4. The first-order chi connectivity index (χ1) is 15.2. The van der Waals surface area contributed by atoms with Crippen molar-refractivity contribution in [1.82, 2.24) is 10.6 Å². The molecule has 0 aromatic rings. The first-order valence-electron chi connectivity index (χ1n) is 13.6. The Labute approximate surface area is 193 Å². The Morgan fingerprint density at radius 1 is 0.742 bits per heavy atom. The number of aliphatic hydroxyl groups excluding tert-OH is 1. The van der Waals surface area contributed by atoms with E-state index in [0.29, 0.717) is 19.5 Å². The molecule has 2 atom stereocenters. The molecule has 0 spiro atoms. The second-order valence-corrected chi connectivity index (χ2v) is 9.20. The predicted octanol–water partition coefficient (Wildman–Crippen LogP) is 5.79. The third-order valence-electron chi connectivity index (χ3n) is 6.10. The molecule has 0 heterocycles. The zero-order valence-electron chi connectivity index (χ0n) is 20.9. The number of hydrogen-bond donors (Lipinski definition) is 4. The summed E-state index contributed by atoms with van der Waals surface area (Å²) < 4.78 is 0. The van der Waals surface area contributed by atoms with Gasteiger partial charge in [-0.05, 0) is 12.8 Å². The lowest BCUT2D eigenvalue weighted by Gasteiger charge is -2.25. The van der Waals surface area contributed by atoms with Crippen LogP contribution in [-0.2, 0) is 4.79 Å². The Balaban J connectivity index is 3.58. The fourth-order valence-electron chi connectivity index (χ4n) is 4.04. The van der Waals surface area contributed by atoms with Crippen LogP contribution in [0.15, 0.2) is 0 Å². The zero-order chi connectivity index (χ0) is 23.0. The van der Waals surface area contributed by atoms with Crippen LogP contribution in [0.1, 0.15) is 136 Å². The molecule has 1 amide bonds. The molecule has 0 fully saturated rings. The van der Waals surface area contributed by atoms with Crippen molar-refractivity contribution in [1.29, 1.82) is 0 Å². The van der Waals surface area contributed by atoms with Gasteiger partial charge < -0.3 is 16.2 Å². The molecule has 1 unspecified atom stereocenters. The van der Waals surface area contributed by atoms with Crippen molar-refractivity contribution in [3.63, 3.8) is 0 Å². The number of rotatable bonds is 24. The molecule has 0 saturated heterocycles. The summed E-state index contributed by atoms with van der Waals surface area (Å²) in [5, 5.41) is 16.2. The fraction of sp³-hybridized carbons (Fsp3) is 0.962. The van der Waals surface area contributed by atoms with Gasteiger partial charge in [0.05, 0.1) is 6.04 Å². The number of carbonyl (C=O) groups is 1. The van der Waals surface area contributed by atoms with Crippen LogP contribution >= 0.6 is 0 Å². The van der Waals surface area contributed by atoms with Gasteiger partial charge >= 0.3 is 0 Å². The van der Waals surface area contributed by atoms with E-state index in [9.17, 15) is 9.90 Å². The van der Waals surface area contributed by atoms with Gasteiger partial charge in [-0.25, -0.2) is 0 Å². The molecule has 0 aliphatic carbocycles. The largest absolute Gasteiger partial charge is 0.376 e. The van der Waals surface area contributed by atoms with Crippen LogP contribution in [0.3, 0.4) is 0 Å². The highest BCUT2D eigenvalue weighted by atomic mass is 16.3. The molecule has 0 aromatic carbocycles. The summed E-state index contributed by atoms with van der Waals surface area (Å²) in [6.45, 7) is 5.43. The van der Waals surface area contributed by atoms with E-state index in [1.807, 2.05) is 0 Å². The van der Waals surface area contributed by atoms with Gasteiger partial charge in [0, 0.05) is 19.5 Å². The second kappa shape index (κ2) is 24.0. The van der Waals surface area contributed by atoms with Gasteiger partial charge in [0.2, 0.25) is 5.91 Å². The molecular formula is C26H55N3O2. The van der Waals surface area contributed by atoms with Crippen molar-refractivity contribution in [3.05, 3.63) is 0 Å². The van der Waals surface area contributed by atoms with Gasteiger partial charge in [0.1, 0.15) is 6.23 Å². The van der Waals surface area contributed by atoms with Crippen molar-refractivity contribution in [3.8, 4) is 0 Å². The number of aliphatic hydroxyl groups is 1. The van der Waals surface area contributed by atoms with Gasteiger partial charge in [-0.2, -0.15) is 0 Å². The van der Waals surface area contributed by atoms with E-state index in [4.69, 9.17) is 5.73 Å². The van der Waals surface area contributed by atoms with E-state index in [-0.39, 0.29) is 11.9 Å². The van der Waals surface area contributed by atoms with Crippen molar-refractivity contribution < 1.29 is 9.90 Å². The molecule has 186 valence electrons. The second-order valence-electron chi connectivity index (χ2n) is 9.20. The maximum absolute atomic E-state index is 12.3. The fourth-order valence-corrected chi connectivity index (χ4v) is 4.04. The summed E-state index contributed by atoms with van der Waals surface area (Å²) in [7, 11) is 0. The molecule has 0 radical (unpaired) electrons. The Morgan fingerprint density at radius 3 is 1.65 bits per heavy atom. The lowest BCUT2D eigenvalue weighted by molar-refractivity contribution is -0.123. The lowest BCUT2D eigenvalue weighted by atomic mass is 10.0. The van der Waals surface area contributed by atoms with Gasteiger partial charge in [0.15, 0.2) is 0 Å². The van der Waals surface area contributed by atoms with Crippen LogP contribution in [0.25, 0.3) is 0 Å². The van der Waals surface area contributed by atoms with Crippen molar-refractivity contribution >= 4 is 5.91 Å². The molecule has 0 rings (SSSR count). The van der Waals surface area contributed by atoms with E-state index < -0.39 is 6.23 Å². The molecule has 0 aliphatic heterocycles. The monoisotopic (exact) mass is 441 g/mol. The molecule has 5 heteroatoms. The smallest absolute Gasteiger partial charge is 0.220 e. The SMILES string of the molecule is CCCCCCCCCCCCCCCCCC(=O)NC(CCCC)[C@H](O)NCCN. The van der Waals surface area contributed by atoms with Crippen LogP contribution in [-0.4, -0.2) is 36.4 Å². The summed E-state index contributed by atoms with van der Waals surface area (Å²) >= 11 is 0. The standard InChI is InChI=1S/C26H55N3O2/c1-3-5-7-8-9-10-11-12-13-14-15-16-17-18-19-21-25(30)29-24(20-6-4-2)26(31)28-23-22-27/h24,26,28,31H,3-23,27H2,1-2H3,(H,29,30)/t24?,26-/m0/s1. The quantitative estimate of drug-likeness (QED) is 0.113. The summed E-state index contributed by atoms with van der Waals surface area (Å²) in [6.07, 6.45) is 22.6. The summed E-state index contributed by atoms with van der Waals surface area (Å²) in [5.41, 5.74) is 5.49. The van der Waals surface area contributed by atoms with Crippen molar-refractivity contribution in [2.75, 3.05) is 13.1 Å². The molecular weight excluding hydrogens is 386 g/mol. The highest BCUT2D eigenvalue weighted by molar-refractivity contribution is 5.76. The van der Waals surface area contributed by atoms with E-state index in [1.54, 1.807) is 0 Å². The van der Waals surface area contributed by atoms with E-state index >= 15 is 0 Å². The highest BCUT2D eigenvalue weighted by Gasteiger charge is 2.19. The average molecular weight is 442 g/mol. The minimum absolute atomic E-state index is 0.0596. The van der Waals surface area contributed by atoms with Gasteiger partial charge in [0.25, 0.3) is 0 Å². The Hall–Kier alpha value is -0.650. The number of carbonyl (C=O) groups excluding carboxylic acids is 1. The molecule has 31 heavy (non-hydrogen) atoms. The maximum Gasteiger partial charge on any atom is 0.220 e. The molecule has 0 aliphatic rings. The Bertz CT molecular complexity index is 380. The molecule has 5 nitrogen and oxygen atoms in total. The predicted molar refractivity (Wildman–Crippen MR) is 134 cm³/mol. The van der Waals surface area contributed by atoms with Gasteiger partial charge in [-0.15, -0.1) is 0 Å². The molecule has 0 aromatic heterocycles. The van der Waals surface area contributed by atoms with E-state index in [0.717, 1.165) is 32.1 Å². The number of nitrogens with two attached hydrogens (primary N) is 1. The minimum Gasteiger partial charge on any atom is -0.376 e. The number of amides is 1. The number of nitrogens with one attached hydrogen (secondary N) is 2. The third-order valence-corrected chi connectivity index (χ3v) is 6.10. The van der Waals surface area contributed by atoms with Crippen molar-refractivity contribution in [2.24, 2.45) is 5.73 Å². The first kappa shape index (κ1) is 30.4. The summed E-state index contributed by atoms with van der Waals surface area (Å²) in [4.78, 5) is 12.3. The van der Waals surface area contributed by atoms with Gasteiger partial charge in [-0.3, -0.25) is 10.1 Å². The lowest BCUT2D eigenvalue weighted by Crippen LogP contribution is -2.50.